The van der Waals surface area contributed by atoms with E-state index in [0.29, 0.717) is 57.2 Å². The highest BCUT2D eigenvalue weighted by atomic mass is 16.7. The van der Waals surface area contributed by atoms with Crippen LogP contribution in [0, 0.1) is 5.92 Å². The van der Waals surface area contributed by atoms with Crippen LogP contribution in [0.4, 0.5) is 0 Å². The molecule has 15 nitrogen and oxygen atoms in total. The number of esters is 4. The lowest BCUT2D eigenvalue weighted by Gasteiger charge is -2.17. The van der Waals surface area contributed by atoms with E-state index in [1.165, 1.54) is 44.9 Å². The predicted octanol–water partition coefficient (Wildman–Crippen LogP) is 4.45. The van der Waals surface area contributed by atoms with Gasteiger partial charge in [0.25, 0.3) is 0 Å². The van der Waals surface area contributed by atoms with Crippen molar-refractivity contribution >= 4 is 23.9 Å². The fourth-order valence-electron chi connectivity index (χ4n) is 8.07. The largest absolute Gasteiger partial charge is 0.457 e. The normalized spacial score (nSPS) is 34.1. The van der Waals surface area contributed by atoms with Crippen LogP contribution < -0.4 is 0 Å². The SMILES string of the molecule is O=C(CCCCCCCC1CO1)O[C@H]1CO[C@H]2[C@@H]1OC[C@H]2OC(=O)CC1CC1.O=C(CCCCCCCCC1CO1)O[C@H]1CO[C@H]2[C@@H]1OC[C@H]2OC(=O)CC1CO1. The summed E-state index contributed by atoms with van der Waals surface area (Å²) in [5, 5.41) is 0. The molecule has 0 N–H and O–H groups in total. The summed E-state index contributed by atoms with van der Waals surface area (Å²) in [5.74, 6) is -0.383. The molecule has 0 radical (unpaired) electrons. The molecule has 7 heterocycles. The molecule has 7 aliphatic heterocycles. The van der Waals surface area contributed by atoms with Crippen LogP contribution in [0.25, 0.3) is 0 Å². The number of hydrogen-bond acceptors (Lipinski definition) is 15. The van der Waals surface area contributed by atoms with Gasteiger partial charge in [-0.1, -0.05) is 57.8 Å². The Balaban J connectivity index is 0.000000174. The van der Waals surface area contributed by atoms with E-state index < -0.39 is 18.3 Å². The van der Waals surface area contributed by atoms with Gasteiger partial charge in [0.05, 0.1) is 71.0 Å². The molecule has 1 saturated carbocycles. The van der Waals surface area contributed by atoms with Crippen molar-refractivity contribution in [3.8, 4) is 0 Å². The van der Waals surface area contributed by atoms with Gasteiger partial charge in [0.2, 0.25) is 0 Å². The second kappa shape index (κ2) is 21.7. The number of carbonyl (C=O) groups excluding carboxylic acids is 4. The Morgan fingerprint density at radius 2 is 0.702 bits per heavy atom. The van der Waals surface area contributed by atoms with E-state index in [-0.39, 0.29) is 80.1 Å². The van der Waals surface area contributed by atoms with Gasteiger partial charge < -0.3 is 52.1 Å². The molecule has 8 fully saturated rings. The highest BCUT2D eigenvalue weighted by Gasteiger charge is 2.52. The molecule has 57 heavy (non-hydrogen) atoms. The molecular formula is C42H64O15. The van der Waals surface area contributed by atoms with Gasteiger partial charge in [-0.05, 0) is 44.4 Å². The van der Waals surface area contributed by atoms with Crippen LogP contribution in [-0.4, -0.2) is 137 Å². The minimum atomic E-state index is -0.443. The second-order valence-corrected chi connectivity index (χ2v) is 17.0. The first kappa shape index (κ1) is 42.7. The van der Waals surface area contributed by atoms with Gasteiger partial charge in [-0.2, -0.15) is 0 Å². The maximum absolute atomic E-state index is 12.1. The van der Waals surface area contributed by atoms with Gasteiger partial charge in [-0.25, -0.2) is 0 Å². The fourth-order valence-corrected chi connectivity index (χ4v) is 8.07. The minimum Gasteiger partial charge on any atom is -0.457 e. The third-order valence-electron chi connectivity index (χ3n) is 11.9. The van der Waals surface area contributed by atoms with E-state index in [9.17, 15) is 19.2 Å². The molecule has 1 aliphatic carbocycles. The van der Waals surface area contributed by atoms with Crippen LogP contribution >= 0.6 is 0 Å². The maximum Gasteiger partial charge on any atom is 0.308 e. The molecule has 0 amide bonds. The topological polar surface area (TPSA) is 180 Å². The molecule has 0 spiro atoms. The fraction of sp³-hybridized carbons (Fsp3) is 0.905. The summed E-state index contributed by atoms with van der Waals surface area (Å²) in [4.78, 5) is 48.0. The van der Waals surface area contributed by atoms with Crippen molar-refractivity contribution in [1.29, 1.82) is 0 Å². The Morgan fingerprint density at radius 1 is 0.368 bits per heavy atom. The molecular weight excluding hydrogens is 744 g/mol. The molecule has 8 rings (SSSR count). The highest BCUT2D eigenvalue weighted by Crippen LogP contribution is 2.35. The summed E-state index contributed by atoms with van der Waals surface area (Å²) in [6.45, 7) is 3.67. The average molecular weight is 809 g/mol. The number of rotatable bonds is 25. The van der Waals surface area contributed by atoms with Crippen molar-refractivity contribution in [2.24, 2.45) is 5.92 Å². The van der Waals surface area contributed by atoms with Gasteiger partial charge in [-0.15, -0.1) is 0 Å². The lowest BCUT2D eigenvalue weighted by Crippen LogP contribution is -2.36. The molecule has 0 aromatic heterocycles. The van der Waals surface area contributed by atoms with Crippen LogP contribution in [0.5, 0.6) is 0 Å². The highest BCUT2D eigenvalue weighted by molar-refractivity contribution is 5.71. The zero-order chi connectivity index (χ0) is 39.4. The molecule has 0 aromatic rings. The van der Waals surface area contributed by atoms with Crippen LogP contribution in [-0.2, 0) is 71.3 Å². The van der Waals surface area contributed by atoms with E-state index in [2.05, 4.69) is 0 Å². The van der Waals surface area contributed by atoms with Gasteiger partial charge >= 0.3 is 23.9 Å². The van der Waals surface area contributed by atoms with Crippen molar-refractivity contribution in [3.05, 3.63) is 0 Å². The zero-order valence-corrected chi connectivity index (χ0v) is 33.4. The van der Waals surface area contributed by atoms with E-state index >= 15 is 0 Å². The van der Waals surface area contributed by atoms with Crippen LogP contribution in [0.3, 0.4) is 0 Å². The first-order chi connectivity index (χ1) is 27.9. The van der Waals surface area contributed by atoms with Crippen LogP contribution in [0.1, 0.15) is 122 Å². The Morgan fingerprint density at radius 3 is 1.07 bits per heavy atom. The summed E-state index contributed by atoms with van der Waals surface area (Å²) >= 11 is 0. The van der Waals surface area contributed by atoms with E-state index in [0.717, 1.165) is 64.6 Å². The first-order valence-electron chi connectivity index (χ1n) is 22.0. The number of hydrogen-bond donors (Lipinski definition) is 0. The number of ether oxygens (including phenoxy) is 11. The van der Waals surface area contributed by atoms with E-state index in [1.54, 1.807) is 0 Å². The molecule has 3 unspecified atom stereocenters. The van der Waals surface area contributed by atoms with Crippen LogP contribution in [0.15, 0.2) is 0 Å². The van der Waals surface area contributed by atoms with Crippen molar-refractivity contribution in [3.63, 3.8) is 0 Å². The third kappa shape index (κ3) is 14.7. The molecule has 0 aromatic carbocycles. The first-order valence-corrected chi connectivity index (χ1v) is 22.0. The monoisotopic (exact) mass is 808 g/mol. The summed E-state index contributed by atoms with van der Waals surface area (Å²) in [7, 11) is 0. The number of carbonyl (C=O) groups is 4. The zero-order valence-electron chi connectivity index (χ0n) is 33.4. The van der Waals surface area contributed by atoms with Gasteiger partial charge in [0, 0.05) is 19.3 Å². The van der Waals surface area contributed by atoms with Gasteiger partial charge in [0.1, 0.15) is 24.4 Å². The van der Waals surface area contributed by atoms with Gasteiger partial charge in [-0.3, -0.25) is 19.2 Å². The van der Waals surface area contributed by atoms with Crippen molar-refractivity contribution in [1.82, 2.24) is 0 Å². The quantitative estimate of drug-likeness (QED) is 0.0546. The standard InChI is InChI=1S/C21H32O8.C21H32O7/c22-18(8-6-4-2-1-3-5-7-14-10-24-14)28-16-12-26-21-17(13-27-20(16)21)29-19(23)9-15-11-25-15;22-18(7-5-3-1-2-4-6-15-11-24-15)27-16-12-25-21-17(13-26-20(16)21)28-19(23)10-14-8-9-14/h14-17,20-21H,1-13H2;14-17,20-21H,1-13H2/t14?,15?,16-,17+,20+,21+;15?,16-,17+,20+,21+/m00/s1. The summed E-state index contributed by atoms with van der Waals surface area (Å²) in [5.41, 5.74) is 0. The van der Waals surface area contributed by atoms with Crippen molar-refractivity contribution in [2.45, 2.75) is 189 Å². The molecule has 15 heteroatoms. The maximum atomic E-state index is 12.1. The van der Waals surface area contributed by atoms with Gasteiger partial charge in [0.15, 0.2) is 24.4 Å². The smallest absolute Gasteiger partial charge is 0.308 e. The van der Waals surface area contributed by atoms with E-state index in [1.807, 2.05) is 0 Å². The Bertz CT molecular complexity index is 1300. The minimum absolute atomic E-state index is 0.00356. The molecule has 11 atom stereocenters. The van der Waals surface area contributed by atoms with Crippen LogP contribution in [0.2, 0.25) is 0 Å². The summed E-state index contributed by atoms with van der Waals surface area (Å²) < 4.78 is 60.4. The van der Waals surface area contributed by atoms with Crippen molar-refractivity contribution < 1.29 is 71.3 Å². The number of unbranched alkanes of at least 4 members (excludes halogenated alkanes) is 9. The lowest BCUT2D eigenvalue weighted by atomic mass is 10.1. The Labute approximate surface area is 336 Å². The number of fused-ring (bicyclic) bond motifs is 2. The average Bonchev–Trinajstić information content (AvgIpc) is 4.03. The third-order valence-corrected chi connectivity index (χ3v) is 11.9. The van der Waals surface area contributed by atoms with E-state index in [4.69, 9.17) is 52.1 Å². The Kier molecular flexibility index (Phi) is 16.3. The Hall–Kier alpha value is -2.40. The molecule has 0 bridgehead atoms. The number of epoxide rings is 3. The molecule has 7 saturated heterocycles. The summed E-state index contributed by atoms with van der Waals surface area (Å²) in [6.07, 6.45) is 16.4. The second-order valence-electron chi connectivity index (χ2n) is 17.0. The lowest BCUT2D eigenvalue weighted by molar-refractivity contribution is -0.157. The molecule has 322 valence electrons. The summed E-state index contributed by atoms with van der Waals surface area (Å²) in [6, 6.07) is 0. The molecule has 8 aliphatic rings. The van der Waals surface area contributed by atoms with Crippen molar-refractivity contribution in [2.75, 3.05) is 46.2 Å². The predicted molar refractivity (Wildman–Crippen MR) is 199 cm³/mol.